The molecule has 1 aliphatic carbocycles. The molecule has 2 atom stereocenters. The van der Waals surface area contributed by atoms with Gasteiger partial charge in [-0.25, -0.2) is 0 Å². The summed E-state index contributed by atoms with van der Waals surface area (Å²) >= 11 is 0. The highest BCUT2D eigenvalue weighted by Crippen LogP contribution is 2.43. The van der Waals surface area contributed by atoms with Crippen LogP contribution in [-0.4, -0.2) is 19.5 Å². The van der Waals surface area contributed by atoms with E-state index in [1.807, 2.05) is 7.05 Å². The van der Waals surface area contributed by atoms with Crippen molar-refractivity contribution in [3.8, 4) is 0 Å². The summed E-state index contributed by atoms with van der Waals surface area (Å²) in [4.78, 5) is 13.6. The Morgan fingerprint density at radius 3 is 2.80 bits per heavy atom. The molecule has 1 saturated carbocycles. The zero-order chi connectivity index (χ0) is 14.3. The van der Waals surface area contributed by atoms with Gasteiger partial charge in [0.05, 0.1) is 6.42 Å². The monoisotopic (exact) mass is 272 g/mol. The normalized spacial score (nSPS) is 20.9. The Morgan fingerprint density at radius 2 is 2.15 bits per heavy atom. The number of carbonyl (C=O) groups excluding carboxylic acids is 1. The molecule has 3 nitrogen and oxygen atoms in total. The van der Waals surface area contributed by atoms with E-state index >= 15 is 0 Å². The van der Waals surface area contributed by atoms with E-state index in [2.05, 4.69) is 37.4 Å². The first-order valence-corrected chi connectivity index (χ1v) is 7.74. The molecule has 2 unspecified atom stereocenters. The lowest BCUT2D eigenvalue weighted by Crippen LogP contribution is -2.28. The first-order valence-electron chi connectivity index (χ1n) is 7.74. The molecule has 1 amide bonds. The molecule has 0 radical (unpaired) electrons. The van der Waals surface area contributed by atoms with Gasteiger partial charge in [0.2, 0.25) is 5.91 Å². The van der Waals surface area contributed by atoms with Crippen LogP contribution in [0.25, 0.3) is 0 Å². The van der Waals surface area contributed by atoms with E-state index in [4.69, 9.17) is 0 Å². The maximum atomic E-state index is 11.8. The topological polar surface area (TPSA) is 32.3 Å². The highest BCUT2D eigenvalue weighted by atomic mass is 16.2. The van der Waals surface area contributed by atoms with Crippen molar-refractivity contribution in [2.24, 2.45) is 11.8 Å². The highest BCUT2D eigenvalue weighted by Gasteiger charge is 2.34. The third-order valence-electron chi connectivity index (χ3n) is 4.86. The second-order valence-corrected chi connectivity index (χ2v) is 6.25. The summed E-state index contributed by atoms with van der Waals surface area (Å²) in [5.41, 5.74) is 3.60. The summed E-state index contributed by atoms with van der Waals surface area (Å²) in [5, 5.41) is 3.64. The van der Waals surface area contributed by atoms with E-state index < -0.39 is 0 Å². The van der Waals surface area contributed by atoms with Crippen LogP contribution in [0, 0.1) is 11.8 Å². The molecule has 1 N–H and O–H groups in total. The van der Waals surface area contributed by atoms with Crippen molar-refractivity contribution in [3.63, 3.8) is 0 Å². The van der Waals surface area contributed by atoms with Crippen LogP contribution in [0.2, 0.25) is 0 Å². The molecule has 0 saturated heterocycles. The number of hydrogen-bond acceptors (Lipinski definition) is 2. The van der Waals surface area contributed by atoms with Gasteiger partial charge in [-0.2, -0.15) is 0 Å². The molecule has 2 aliphatic rings. The maximum Gasteiger partial charge on any atom is 0.231 e. The molecule has 3 heteroatoms. The van der Waals surface area contributed by atoms with E-state index in [-0.39, 0.29) is 5.91 Å². The van der Waals surface area contributed by atoms with Gasteiger partial charge in [0, 0.05) is 18.8 Å². The number of hydrogen-bond donors (Lipinski definition) is 1. The Morgan fingerprint density at radius 1 is 1.40 bits per heavy atom. The molecule has 1 aromatic carbocycles. The lowest BCUT2D eigenvalue weighted by Gasteiger charge is -2.26. The Labute approximate surface area is 121 Å². The van der Waals surface area contributed by atoms with Crippen LogP contribution in [-0.2, 0) is 11.2 Å². The predicted molar refractivity (Wildman–Crippen MR) is 81.9 cm³/mol. The molecule has 20 heavy (non-hydrogen) atoms. The maximum absolute atomic E-state index is 11.8. The van der Waals surface area contributed by atoms with Gasteiger partial charge in [-0.1, -0.05) is 26.0 Å². The first-order chi connectivity index (χ1) is 9.61. The number of rotatable bonds is 5. The van der Waals surface area contributed by atoms with Crippen LogP contribution in [0.3, 0.4) is 0 Å². The van der Waals surface area contributed by atoms with E-state index in [0.29, 0.717) is 18.4 Å². The molecule has 1 aliphatic heterocycles. The minimum absolute atomic E-state index is 0.201. The fourth-order valence-electron chi connectivity index (χ4n) is 3.40. The third kappa shape index (κ3) is 2.35. The Kier molecular flexibility index (Phi) is 3.55. The summed E-state index contributed by atoms with van der Waals surface area (Å²) in [6, 6.07) is 6.96. The molecular weight excluding hydrogens is 248 g/mol. The molecule has 0 bridgehead atoms. The van der Waals surface area contributed by atoms with Crippen LogP contribution in [0.15, 0.2) is 18.2 Å². The summed E-state index contributed by atoms with van der Waals surface area (Å²) in [6.45, 7) is 5.50. The number of nitrogens with one attached hydrogen (secondary N) is 1. The average molecular weight is 272 g/mol. The second-order valence-electron chi connectivity index (χ2n) is 6.25. The molecule has 1 aromatic rings. The zero-order valence-corrected chi connectivity index (χ0v) is 12.6. The summed E-state index contributed by atoms with van der Waals surface area (Å²) in [6.07, 6.45) is 3.29. The number of fused-ring (bicyclic) bond motifs is 1. The number of amides is 1. The van der Waals surface area contributed by atoms with E-state index in [1.165, 1.54) is 24.0 Å². The number of benzene rings is 1. The SMILES string of the molecule is CCNC(c1ccc2c(c1)CC(=O)N2C)C(C)C1CC1. The molecular formula is C17H24N2O. The quantitative estimate of drug-likeness (QED) is 0.894. The molecule has 108 valence electrons. The van der Waals surface area contributed by atoms with Crippen LogP contribution in [0.5, 0.6) is 0 Å². The molecule has 1 heterocycles. The average Bonchev–Trinajstić information content (AvgIpc) is 3.24. The van der Waals surface area contributed by atoms with Gasteiger partial charge in [-0.3, -0.25) is 4.79 Å². The van der Waals surface area contributed by atoms with Gasteiger partial charge in [0.15, 0.2) is 0 Å². The summed E-state index contributed by atoms with van der Waals surface area (Å²) in [7, 11) is 1.86. The largest absolute Gasteiger partial charge is 0.315 e. The Hall–Kier alpha value is -1.35. The van der Waals surface area contributed by atoms with Crippen molar-refractivity contribution < 1.29 is 4.79 Å². The second kappa shape index (κ2) is 5.21. The van der Waals surface area contributed by atoms with Gasteiger partial charge in [0.25, 0.3) is 0 Å². The van der Waals surface area contributed by atoms with Gasteiger partial charge in [-0.15, -0.1) is 0 Å². The van der Waals surface area contributed by atoms with Crippen LogP contribution < -0.4 is 10.2 Å². The minimum Gasteiger partial charge on any atom is -0.315 e. The Bertz CT molecular complexity index is 522. The van der Waals surface area contributed by atoms with Gasteiger partial charge in [0.1, 0.15) is 0 Å². The lowest BCUT2D eigenvalue weighted by atomic mass is 9.89. The van der Waals surface area contributed by atoms with Crippen LogP contribution >= 0.6 is 0 Å². The lowest BCUT2D eigenvalue weighted by molar-refractivity contribution is -0.117. The Balaban J connectivity index is 1.88. The standard InChI is InChI=1S/C17H24N2O/c1-4-18-17(11(2)12-5-6-12)13-7-8-15-14(9-13)10-16(20)19(15)3/h7-9,11-12,17-18H,4-6,10H2,1-3H3. The van der Waals surface area contributed by atoms with Gasteiger partial charge < -0.3 is 10.2 Å². The number of nitrogens with zero attached hydrogens (tertiary/aromatic N) is 1. The highest BCUT2D eigenvalue weighted by molar-refractivity contribution is 6.00. The molecule has 0 spiro atoms. The predicted octanol–water partition coefficient (Wildman–Crippen LogP) is 2.90. The number of carbonyl (C=O) groups is 1. The van der Waals surface area contributed by atoms with Crippen molar-refractivity contribution in [1.29, 1.82) is 0 Å². The van der Waals surface area contributed by atoms with Crippen LogP contribution in [0.4, 0.5) is 5.69 Å². The number of anilines is 1. The van der Waals surface area contributed by atoms with Crippen molar-refractivity contribution in [2.75, 3.05) is 18.5 Å². The molecule has 0 aromatic heterocycles. The fraction of sp³-hybridized carbons (Fsp3) is 0.588. The fourth-order valence-corrected chi connectivity index (χ4v) is 3.40. The molecule has 1 fully saturated rings. The van der Waals surface area contributed by atoms with E-state index in [1.54, 1.807) is 4.90 Å². The summed E-state index contributed by atoms with van der Waals surface area (Å²) < 4.78 is 0. The van der Waals surface area contributed by atoms with E-state index in [0.717, 1.165) is 18.2 Å². The number of likely N-dealkylation sites (N-methyl/N-ethyl adjacent to an activating group) is 1. The van der Waals surface area contributed by atoms with Gasteiger partial charge >= 0.3 is 0 Å². The van der Waals surface area contributed by atoms with Crippen molar-refractivity contribution in [3.05, 3.63) is 29.3 Å². The van der Waals surface area contributed by atoms with Crippen molar-refractivity contribution in [2.45, 2.75) is 39.2 Å². The van der Waals surface area contributed by atoms with Crippen molar-refractivity contribution >= 4 is 11.6 Å². The third-order valence-corrected chi connectivity index (χ3v) is 4.86. The van der Waals surface area contributed by atoms with Crippen LogP contribution in [0.1, 0.15) is 43.9 Å². The van der Waals surface area contributed by atoms with Crippen molar-refractivity contribution in [1.82, 2.24) is 5.32 Å². The molecule has 3 rings (SSSR count). The van der Waals surface area contributed by atoms with Gasteiger partial charge in [-0.05, 0) is 48.4 Å². The zero-order valence-electron chi connectivity index (χ0n) is 12.6. The summed E-state index contributed by atoms with van der Waals surface area (Å²) in [5.74, 6) is 1.74. The first kappa shape index (κ1) is 13.6. The smallest absolute Gasteiger partial charge is 0.231 e. The van der Waals surface area contributed by atoms with E-state index in [9.17, 15) is 4.79 Å². The minimum atomic E-state index is 0.201.